The van der Waals surface area contributed by atoms with Gasteiger partial charge in [-0.1, -0.05) is 6.07 Å². The molecule has 0 aromatic heterocycles. The first-order valence-electron chi connectivity index (χ1n) is 5.39. The second kappa shape index (κ2) is 6.30. The molecule has 0 fully saturated rings. The Morgan fingerprint density at radius 3 is 2.67 bits per heavy atom. The van der Waals surface area contributed by atoms with Gasteiger partial charge in [0, 0.05) is 12.5 Å². The zero-order chi connectivity index (χ0) is 13.7. The quantitative estimate of drug-likeness (QED) is 0.823. The molecule has 100 valence electrons. The van der Waals surface area contributed by atoms with Crippen molar-refractivity contribution >= 4 is 5.97 Å². The fraction of sp³-hybridized carbons (Fsp3) is 0.417. The van der Waals surface area contributed by atoms with Gasteiger partial charge < -0.3 is 15.6 Å². The Morgan fingerprint density at radius 1 is 1.50 bits per heavy atom. The number of benzene rings is 1. The van der Waals surface area contributed by atoms with E-state index in [9.17, 15) is 13.6 Å². The zero-order valence-corrected chi connectivity index (χ0v) is 9.90. The first-order chi connectivity index (χ1) is 8.45. The van der Waals surface area contributed by atoms with E-state index < -0.39 is 18.4 Å². The highest BCUT2D eigenvalue weighted by molar-refractivity contribution is 5.66. The molecule has 1 unspecified atom stereocenters. The number of carboxylic acids is 1. The van der Waals surface area contributed by atoms with Crippen molar-refractivity contribution < 1.29 is 23.4 Å². The number of ether oxygens (including phenoxy) is 1. The van der Waals surface area contributed by atoms with Gasteiger partial charge in [0.25, 0.3) is 6.43 Å². The second-order valence-electron chi connectivity index (χ2n) is 3.84. The van der Waals surface area contributed by atoms with Crippen LogP contribution in [0, 0.1) is 0 Å². The van der Waals surface area contributed by atoms with Crippen LogP contribution in [0.25, 0.3) is 0 Å². The van der Waals surface area contributed by atoms with Crippen LogP contribution < -0.4 is 10.5 Å². The van der Waals surface area contributed by atoms with Crippen LogP contribution in [0.5, 0.6) is 5.75 Å². The average Bonchev–Trinajstić information content (AvgIpc) is 2.34. The summed E-state index contributed by atoms with van der Waals surface area (Å²) in [5, 5.41) is 8.54. The van der Waals surface area contributed by atoms with Crippen LogP contribution in [0.1, 0.15) is 36.4 Å². The van der Waals surface area contributed by atoms with Gasteiger partial charge in [0.15, 0.2) is 0 Å². The first-order valence-corrected chi connectivity index (χ1v) is 5.39. The van der Waals surface area contributed by atoms with Gasteiger partial charge in [0.1, 0.15) is 5.75 Å². The molecule has 0 aliphatic heterocycles. The Morgan fingerprint density at radius 2 is 2.17 bits per heavy atom. The summed E-state index contributed by atoms with van der Waals surface area (Å²) >= 11 is 0. The van der Waals surface area contributed by atoms with E-state index in [2.05, 4.69) is 0 Å². The van der Waals surface area contributed by atoms with Crippen molar-refractivity contribution in [3.8, 4) is 5.75 Å². The molecule has 1 aromatic carbocycles. The first kappa shape index (κ1) is 14.4. The SMILES string of the molecule is COc1ccc(C(N)CCC(=O)O)cc1C(F)F. The molecule has 0 aliphatic carbocycles. The normalized spacial score (nSPS) is 12.5. The van der Waals surface area contributed by atoms with Crippen LogP contribution in [0.3, 0.4) is 0 Å². The number of nitrogens with two attached hydrogens (primary N) is 1. The highest BCUT2D eigenvalue weighted by Gasteiger charge is 2.17. The van der Waals surface area contributed by atoms with Crippen molar-refractivity contribution in [3.63, 3.8) is 0 Å². The molecule has 0 saturated carbocycles. The number of carboxylic acid groups (broad SMARTS) is 1. The number of hydrogen-bond donors (Lipinski definition) is 2. The number of carbonyl (C=O) groups is 1. The maximum atomic E-state index is 12.8. The highest BCUT2D eigenvalue weighted by Crippen LogP contribution is 2.31. The molecular weight excluding hydrogens is 244 g/mol. The third-order valence-corrected chi connectivity index (χ3v) is 2.59. The van der Waals surface area contributed by atoms with Gasteiger partial charge in [-0.25, -0.2) is 8.78 Å². The predicted octanol–water partition coefficient (Wildman–Crippen LogP) is 2.50. The summed E-state index contributed by atoms with van der Waals surface area (Å²) < 4.78 is 30.3. The summed E-state index contributed by atoms with van der Waals surface area (Å²) in [4.78, 5) is 10.4. The largest absolute Gasteiger partial charge is 0.496 e. The van der Waals surface area contributed by atoms with Gasteiger partial charge in [-0.2, -0.15) is 0 Å². The van der Waals surface area contributed by atoms with Gasteiger partial charge in [-0.15, -0.1) is 0 Å². The fourth-order valence-corrected chi connectivity index (χ4v) is 1.60. The van der Waals surface area contributed by atoms with Crippen LogP contribution in [-0.4, -0.2) is 18.2 Å². The Bertz CT molecular complexity index is 424. The summed E-state index contributed by atoms with van der Waals surface area (Å²) in [6, 6.07) is 3.66. The third kappa shape index (κ3) is 3.66. The lowest BCUT2D eigenvalue weighted by atomic mass is 10.00. The van der Waals surface area contributed by atoms with Gasteiger partial charge >= 0.3 is 5.97 Å². The number of alkyl halides is 2. The van der Waals surface area contributed by atoms with Crippen molar-refractivity contribution in [2.24, 2.45) is 5.73 Å². The summed E-state index contributed by atoms with van der Waals surface area (Å²) in [6.45, 7) is 0. The van der Waals surface area contributed by atoms with Crippen LogP contribution in [0.4, 0.5) is 8.78 Å². The molecule has 6 heteroatoms. The minimum Gasteiger partial charge on any atom is -0.496 e. The lowest BCUT2D eigenvalue weighted by molar-refractivity contribution is -0.137. The van der Waals surface area contributed by atoms with Crippen molar-refractivity contribution in [1.82, 2.24) is 0 Å². The van der Waals surface area contributed by atoms with E-state index >= 15 is 0 Å². The number of methoxy groups -OCH3 is 1. The molecule has 0 amide bonds. The molecule has 1 aromatic rings. The molecule has 4 nitrogen and oxygen atoms in total. The predicted molar refractivity (Wildman–Crippen MR) is 61.7 cm³/mol. The highest BCUT2D eigenvalue weighted by atomic mass is 19.3. The van der Waals surface area contributed by atoms with Crippen LogP contribution >= 0.6 is 0 Å². The number of hydrogen-bond acceptors (Lipinski definition) is 3. The van der Waals surface area contributed by atoms with Crippen molar-refractivity contribution in [1.29, 1.82) is 0 Å². The zero-order valence-electron chi connectivity index (χ0n) is 9.90. The van der Waals surface area contributed by atoms with Gasteiger partial charge in [0.05, 0.1) is 12.7 Å². The van der Waals surface area contributed by atoms with Crippen molar-refractivity contribution in [3.05, 3.63) is 29.3 Å². The molecule has 1 rings (SSSR count). The molecule has 18 heavy (non-hydrogen) atoms. The molecule has 0 bridgehead atoms. The Balaban J connectivity index is 2.90. The van der Waals surface area contributed by atoms with E-state index in [1.807, 2.05) is 0 Å². The molecule has 0 radical (unpaired) electrons. The molecular formula is C12H15F2NO3. The maximum Gasteiger partial charge on any atom is 0.303 e. The Kier molecular flexibility index (Phi) is 5.03. The van der Waals surface area contributed by atoms with Crippen LogP contribution in [-0.2, 0) is 4.79 Å². The Labute approximate surface area is 103 Å². The standard InChI is InChI=1S/C12H15F2NO3/c1-18-10-4-2-7(6-8(10)12(13)14)9(15)3-5-11(16)17/h2,4,6,9,12H,3,5,15H2,1H3,(H,16,17). The molecule has 1 atom stereocenters. The van der Waals surface area contributed by atoms with Gasteiger partial charge in [-0.05, 0) is 24.1 Å². The maximum absolute atomic E-state index is 12.8. The fourth-order valence-electron chi connectivity index (χ4n) is 1.60. The van der Waals surface area contributed by atoms with Gasteiger partial charge in [0.2, 0.25) is 0 Å². The summed E-state index contributed by atoms with van der Waals surface area (Å²) in [5.41, 5.74) is 6.00. The molecule has 0 saturated heterocycles. The van der Waals surface area contributed by atoms with Crippen LogP contribution in [0.2, 0.25) is 0 Å². The lowest BCUT2D eigenvalue weighted by Gasteiger charge is -2.14. The van der Waals surface area contributed by atoms with E-state index in [0.717, 1.165) is 0 Å². The average molecular weight is 259 g/mol. The van der Waals surface area contributed by atoms with E-state index in [1.165, 1.54) is 19.2 Å². The number of halogens is 2. The lowest BCUT2D eigenvalue weighted by Crippen LogP contribution is -2.12. The summed E-state index contributed by atoms with van der Waals surface area (Å²) in [5.74, 6) is -0.868. The minimum absolute atomic E-state index is 0.0965. The van der Waals surface area contributed by atoms with Crippen molar-refractivity contribution in [2.75, 3.05) is 7.11 Å². The molecule has 0 heterocycles. The smallest absolute Gasteiger partial charge is 0.303 e. The van der Waals surface area contributed by atoms with E-state index in [1.54, 1.807) is 6.07 Å². The second-order valence-corrected chi connectivity index (χ2v) is 3.84. The minimum atomic E-state index is -2.66. The molecule has 0 aliphatic rings. The summed E-state index contributed by atoms with van der Waals surface area (Å²) in [7, 11) is 1.31. The monoisotopic (exact) mass is 259 g/mol. The molecule has 0 spiro atoms. The Hall–Kier alpha value is -1.69. The van der Waals surface area contributed by atoms with E-state index in [0.29, 0.717) is 5.56 Å². The number of rotatable bonds is 6. The van der Waals surface area contributed by atoms with E-state index in [4.69, 9.17) is 15.6 Å². The molecule has 3 N–H and O–H groups in total. The van der Waals surface area contributed by atoms with Crippen LogP contribution in [0.15, 0.2) is 18.2 Å². The third-order valence-electron chi connectivity index (χ3n) is 2.59. The van der Waals surface area contributed by atoms with E-state index in [-0.39, 0.29) is 24.2 Å². The van der Waals surface area contributed by atoms with Gasteiger partial charge in [-0.3, -0.25) is 4.79 Å². The summed E-state index contributed by atoms with van der Waals surface area (Å²) in [6.07, 6.45) is -2.56. The number of aliphatic carboxylic acids is 1. The van der Waals surface area contributed by atoms with Crippen molar-refractivity contribution in [2.45, 2.75) is 25.3 Å². The topological polar surface area (TPSA) is 72.5 Å².